The fourth-order valence-corrected chi connectivity index (χ4v) is 3.49. The Morgan fingerprint density at radius 2 is 1.75 bits per heavy atom. The fourth-order valence-electron chi connectivity index (χ4n) is 2.89. The maximum absolute atomic E-state index is 11.9. The largest absolute Gasteiger partial charge is 0.508 e. The normalized spacial score (nSPS) is 12.2. The van der Waals surface area contributed by atoms with Crippen LogP contribution < -0.4 is 4.74 Å². The lowest BCUT2D eigenvalue weighted by Gasteiger charge is -2.14. The Bertz CT molecular complexity index is 810. The van der Waals surface area contributed by atoms with Gasteiger partial charge in [-0.05, 0) is 46.7 Å². The van der Waals surface area contributed by atoms with Gasteiger partial charge in [-0.25, -0.2) is 0 Å². The molecule has 152 valence electrons. The second-order valence-electron chi connectivity index (χ2n) is 7.41. The third-order valence-electron chi connectivity index (χ3n) is 4.50. The average Bonchev–Trinajstić information content (AvgIpc) is 2.63. The van der Waals surface area contributed by atoms with Crippen LogP contribution in [0, 0.1) is 5.92 Å². The van der Waals surface area contributed by atoms with Gasteiger partial charge in [0.1, 0.15) is 18.1 Å². The van der Waals surface area contributed by atoms with E-state index >= 15 is 0 Å². The number of aliphatic hydroxyl groups excluding tert-OH is 1. The van der Waals surface area contributed by atoms with E-state index in [1.807, 2.05) is 26.0 Å². The Kier molecular flexibility index (Phi) is 8.17. The monoisotopic (exact) mass is 424 g/mol. The SMILES string of the molecule is CC(CO)CC(=O)COc1cc(Cl)c(Cc2ccc(O)c(C(C)C)c2)c(Cl)c1. The van der Waals surface area contributed by atoms with Crippen molar-refractivity contribution in [2.45, 2.75) is 39.5 Å². The second kappa shape index (κ2) is 10.1. The lowest BCUT2D eigenvalue weighted by molar-refractivity contribution is -0.122. The fraction of sp³-hybridized carbons (Fsp3) is 0.409. The van der Waals surface area contributed by atoms with E-state index in [4.69, 9.17) is 33.0 Å². The highest BCUT2D eigenvalue weighted by Gasteiger charge is 2.14. The summed E-state index contributed by atoms with van der Waals surface area (Å²) in [4.78, 5) is 11.9. The van der Waals surface area contributed by atoms with Crippen LogP contribution in [-0.4, -0.2) is 29.2 Å². The van der Waals surface area contributed by atoms with Crippen molar-refractivity contribution in [3.8, 4) is 11.5 Å². The summed E-state index contributed by atoms with van der Waals surface area (Å²) in [7, 11) is 0. The minimum Gasteiger partial charge on any atom is -0.508 e. The highest BCUT2D eigenvalue weighted by Crippen LogP contribution is 2.34. The van der Waals surface area contributed by atoms with E-state index < -0.39 is 0 Å². The molecule has 0 fully saturated rings. The van der Waals surface area contributed by atoms with Gasteiger partial charge in [-0.15, -0.1) is 0 Å². The standard InChI is InChI=1S/C22H26Cl2O4/c1-13(2)18-7-15(4-5-22(18)27)8-19-20(23)9-17(10-21(19)24)28-12-16(26)6-14(3)11-25/h4-5,7,9-10,13-14,25,27H,6,8,11-12H2,1-3H3. The molecule has 1 unspecified atom stereocenters. The van der Waals surface area contributed by atoms with Crippen molar-refractivity contribution in [2.24, 2.45) is 5.92 Å². The predicted octanol–water partition coefficient (Wildman–Crippen LogP) is 5.38. The number of hydrogen-bond acceptors (Lipinski definition) is 4. The van der Waals surface area contributed by atoms with E-state index in [0.717, 1.165) is 16.7 Å². The van der Waals surface area contributed by atoms with Gasteiger partial charge in [-0.1, -0.05) is 56.1 Å². The summed E-state index contributed by atoms with van der Waals surface area (Å²) in [6.07, 6.45) is 0.778. The molecule has 2 rings (SSSR count). The number of phenolic OH excluding ortho intramolecular Hbond substituents is 1. The smallest absolute Gasteiger partial charge is 0.170 e. The van der Waals surface area contributed by atoms with E-state index in [2.05, 4.69) is 0 Å². The Hall–Kier alpha value is -1.75. The average molecular weight is 425 g/mol. The number of rotatable bonds is 9. The van der Waals surface area contributed by atoms with Crippen LogP contribution in [0.2, 0.25) is 10.0 Å². The van der Waals surface area contributed by atoms with Crippen LogP contribution in [0.4, 0.5) is 0 Å². The van der Waals surface area contributed by atoms with Crippen LogP contribution >= 0.6 is 23.2 Å². The summed E-state index contributed by atoms with van der Waals surface area (Å²) < 4.78 is 5.51. The molecule has 4 nitrogen and oxygen atoms in total. The van der Waals surface area contributed by atoms with Crippen molar-refractivity contribution >= 4 is 29.0 Å². The molecule has 2 aromatic carbocycles. The van der Waals surface area contributed by atoms with Gasteiger partial charge in [0.05, 0.1) is 0 Å². The first-order valence-electron chi connectivity index (χ1n) is 9.26. The maximum Gasteiger partial charge on any atom is 0.170 e. The summed E-state index contributed by atoms with van der Waals surface area (Å²) in [5.41, 5.74) is 2.63. The predicted molar refractivity (Wildman–Crippen MR) is 113 cm³/mol. The lowest BCUT2D eigenvalue weighted by Crippen LogP contribution is -2.16. The number of carbonyl (C=O) groups is 1. The van der Waals surface area contributed by atoms with Gasteiger partial charge in [0, 0.05) is 29.5 Å². The molecule has 0 aliphatic rings. The molecule has 0 aromatic heterocycles. The molecule has 6 heteroatoms. The van der Waals surface area contributed by atoms with Crippen molar-refractivity contribution in [1.82, 2.24) is 0 Å². The quantitative estimate of drug-likeness (QED) is 0.566. The van der Waals surface area contributed by atoms with Crippen molar-refractivity contribution in [3.05, 3.63) is 57.1 Å². The molecule has 2 N–H and O–H groups in total. The number of aliphatic hydroxyl groups is 1. The number of benzene rings is 2. The first-order valence-corrected chi connectivity index (χ1v) is 10.0. The third kappa shape index (κ3) is 6.13. The second-order valence-corrected chi connectivity index (χ2v) is 8.22. The first kappa shape index (κ1) is 22.5. The molecule has 0 aliphatic carbocycles. The van der Waals surface area contributed by atoms with Crippen LogP contribution in [-0.2, 0) is 11.2 Å². The molecule has 1 atom stereocenters. The molecule has 0 heterocycles. The molecule has 2 aromatic rings. The van der Waals surface area contributed by atoms with E-state index in [1.165, 1.54) is 0 Å². The molecule has 28 heavy (non-hydrogen) atoms. The summed E-state index contributed by atoms with van der Waals surface area (Å²) in [5.74, 6) is 0.722. The number of aromatic hydroxyl groups is 1. The Balaban J connectivity index is 2.12. The van der Waals surface area contributed by atoms with Crippen LogP contribution in [0.1, 0.15) is 49.8 Å². The zero-order chi connectivity index (χ0) is 20.8. The third-order valence-corrected chi connectivity index (χ3v) is 5.17. The number of carbonyl (C=O) groups excluding carboxylic acids is 1. The first-order chi connectivity index (χ1) is 13.2. The molecule has 0 radical (unpaired) electrons. The minimum atomic E-state index is -0.0943. The summed E-state index contributed by atoms with van der Waals surface area (Å²) in [5, 5.41) is 19.9. The molecule has 0 spiro atoms. The van der Waals surface area contributed by atoms with Gasteiger partial charge in [0.25, 0.3) is 0 Å². The molecule has 0 saturated heterocycles. The molecule has 0 amide bonds. The van der Waals surface area contributed by atoms with Crippen molar-refractivity contribution in [2.75, 3.05) is 13.2 Å². The maximum atomic E-state index is 11.9. The van der Waals surface area contributed by atoms with Crippen molar-refractivity contribution in [3.63, 3.8) is 0 Å². The number of ketones is 1. The van der Waals surface area contributed by atoms with Crippen molar-refractivity contribution in [1.29, 1.82) is 0 Å². The van der Waals surface area contributed by atoms with E-state index in [0.29, 0.717) is 22.2 Å². The van der Waals surface area contributed by atoms with Gasteiger partial charge in [0.2, 0.25) is 0 Å². The van der Waals surface area contributed by atoms with E-state index in [9.17, 15) is 9.90 Å². The zero-order valence-corrected chi connectivity index (χ0v) is 17.8. The Labute approximate surface area is 176 Å². The Morgan fingerprint density at radius 3 is 2.32 bits per heavy atom. The van der Waals surface area contributed by atoms with Crippen LogP contribution in [0.5, 0.6) is 11.5 Å². The van der Waals surface area contributed by atoms with Gasteiger partial charge in [-0.3, -0.25) is 4.79 Å². The lowest BCUT2D eigenvalue weighted by atomic mass is 9.96. The zero-order valence-electron chi connectivity index (χ0n) is 16.3. The summed E-state index contributed by atoms with van der Waals surface area (Å²) >= 11 is 12.8. The molecule has 0 aliphatic heterocycles. The van der Waals surface area contributed by atoms with Crippen LogP contribution in [0.3, 0.4) is 0 Å². The van der Waals surface area contributed by atoms with Crippen molar-refractivity contribution < 1.29 is 19.7 Å². The molecule has 0 saturated carbocycles. The molecular weight excluding hydrogens is 399 g/mol. The highest BCUT2D eigenvalue weighted by molar-refractivity contribution is 6.36. The van der Waals surface area contributed by atoms with Gasteiger partial charge in [-0.2, -0.15) is 0 Å². The topological polar surface area (TPSA) is 66.8 Å². The molecular formula is C22H26Cl2O4. The van der Waals surface area contributed by atoms with Gasteiger partial charge >= 0.3 is 0 Å². The minimum absolute atomic E-state index is 0.0339. The van der Waals surface area contributed by atoms with Crippen LogP contribution in [0.25, 0.3) is 0 Å². The van der Waals surface area contributed by atoms with Gasteiger partial charge in [0.15, 0.2) is 5.78 Å². The van der Waals surface area contributed by atoms with Crippen LogP contribution in [0.15, 0.2) is 30.3 Å². The number of halogens is 2. The number of Topliss-reactive ketones (excluding diaryl/α,β-unsaturated/α-hetero) is 1. The highest BCUT2D eigenvalue weighted by atomic mass is 35.5. The van der Waals surface area contributed by atoms with E-state index in [1.54, 1.807) is 25.1 Å². The summed E-state index contributed by atoms with van der Waals surface area (Å²) in [6, 6.07) is 8.78. The van der Waals surface area contributed by atoms with E-state index in [-0.39, 0.29) is 43.0 Å². The summed E-state index contributed by atoms with van der Waals surface area (Å²) in [6.45, 7) is 5.72. The number of hydrogen-bond donors (Lipinski definition) is 2. The van der Waals surface area contributed by atoms with Gasteiger partial charge < -0.3 is 14.9 Å². The Morgan fingerprint density at radius 1 is 1.11 bits per heavy atom. The number of phenols is 1. The molecule has 0 bridgehead atoms. The number of ether oxygens (including phenoxy) is 1.